The molecule has 28 heavy (non-hydrogen) atoms. The molecule has 2 heterocycles. The number of esters is 1. The summed E-state index contributed by atoms with van der Waals surface area (Å²) in [4.78, 5) is 25.4. The van der Waals surface area contributed by atoms with Crippen molar-refractivity contribution in [1.82, 2.24) is 0 Å². The van der Waals surface area contributed by atoms with Crippen LogP contribution in [0, 0.1) is 0 Å². The lowest BCUT2D eigenvalue weighted by Crippen LogP contribution is -2.07. The molecule has 0 saturated heterocycles. The van der Waals surface area contributed by atoms with E-state index < -0.39 is 5.97 Å². The topological polar surface area (TPSA) is 61.8 Å². The maximum absolute atomic E-state index is 12.7. The first kappa shape index (κ1) is 18.0. The van der Waals surface area contributed by atoms with Crippen molar-refractivity contribution in [1.29, 1.82) is 0 Å². The van der Waals surface area contributed by atoms with Crippen molar-refractivity contribution in [3.63, 3.8) is 0 Å². The highest BCUT2D eigenvalue weighted by atomic mass is 32.1. The SMILES string of the molecule is CCOc1ccc2c(c1)O/C(=C\c1ccccc1OC(=O)c1cccs1)C2=O. The molecule has 3 aromatic rings. The maximum atomic E-state index is 12.7. The van der Waals surface area contributed by atoms with E-state index in [0.29, 0.717) is 39.9 Å². The Bertz CT molecular complexity index is 1070. The van der Waals surface area contributed by atoms with Gasteiger partial charge in [0.15, 0.2) is 5.76 Å². The Hall–Kier alpha value is -3.38. The molecule has 0 aliphatic carbocycles. The van der Waals surface area contributed by atoms with Crippen LogP contribution in [0.15, 0.2) is 65.7 Å². The summed E-state index contributed by atoms with van der Waals surface area (Å²) >= 11 is 1.31. The van der Waals surface area contributed by atoms with E-state index in [9.17, 15) is 9.59 Å². The molecule has 0 atom stereocenters. The molecule has 1 aromatic heterocycles. The largest absolute Gasteiger partial charge is 0.494 e. The van der Waals surface area contributed by atoms with Crippen LogP contribution in [-0.2, 0) is 0 Å². The Morgan fingerprint density at radius 1 is 1.14 bits per heavy atom. The van der Waals surface area contributed by atoms with E-state index in [-0.39, 0.29) is 11.5 Å². The smallest absolute Gasteiger partial charge is 0.353 e. The fourth-order valence-electron chi connectivity index (χ4n) is 2.80. The molecule has 0 N–H and O–H groups in total. The van der Waals surface area contributed by atoms with E-state index in [4.69, 9.17) is 14.2 Å². The molecule has 5 nitrogen and oxygen atoms in total. The van der Waals surface area contributed by atoms with Crippen molar-refractivity contribution in [3.05, 3.63) is 81.7 Å². The van der Waals surface area contributed by atoms with Gasteiger partial charge in [-0.05, 0) is 42.6 Å². The molecular weight excluding hydrogens is 376 g/mol. The summed E-state index contributed by atoms with van der Waals surface area (Å²) < 4.78 is 16.7. The van der Waals surface area contributed by atoms with Crippen LogP contribution in [0.3, 0.4) is 0 Å². The van der Waals surface area contributed by atoms with Gasteiger partial charge in [0, 0.05) is 11.6 Å². The lowest BCUT2D eigenvalue weighted by molar-refractivity contribution is 0.0739. The minimum absolute atomic E-state index is 0.170. The standard InChI is InChI=1S/C22H16O5S/c1-2-25-15-9-10-16-18(13-15)26-19(21(16)23)12-14-6-3-4-7-17(14)27-22(24)20-8-5-11-28-20/h3-13H,2H2,1H3/b19-12-. The number of benzene rings is 2. The molecule has 0 fully saturated rings. The van der Waals surface area contributed by atoms with Crippen LogP contribution in [0.1, 0.15) is 32.5 Å². The number of allylic oxidation sites excluding steroid dienone is 1. The zero-order valence-electron chi connectivity index (χ0n) is 15.0. The minimum atomic E-state index is -0.441. The summed E-state index contributed by atoms with van der Waals surface area (Å²) in [6, 6.07) is 15.6. The van der Waals surface area contributed by atoms with Crippen molar-refractivity contribution in [2.45, 2.75) is 6.92 Å². The average molecular weight is 392 g/mol. The van der Waals surface area contributed by atoms with Crippen LogP contribution in [0.2, 0.25) is 0 Å². The third-order valence-electron chi connectivity index (χ3n) is 4.08. The summed E-state index contributed by atoms with van der Waals surface area (Å²) in [6.45, 7) is 2.41. The van der Waals surface area contributed by atoms with Gasteiger partial charge in [-0.3, -0.25) is 4.79 Å². The van der Waals surface area contributed by atoms with Gasteiger partial charge in [0.25, 0.3) is 0 Å². The van der Waals surface area contributed by atoms with E-state index in [1.54, 1.807) is 60.7 Å². The molecule has 0 amide bonds. The first-order valence-corrected chi connectivity index (χ1v) is 9.59. The molecular formula is C22H16O5S. The number of hydrogen-bond donors (Lipinski definition) is 0. The van der Waals surface area contributed by atoms with E-state index in [2.05, 4.69) is 0 Å². The number of hydrogen-bond acceptors (Lipinski definition) is 6. The second kappa shape index (κ2) is 7.70. The monoisotopic (exact) mass is 392 g/mol. The Kier molecular flexibility index (Phi) is 4.95. The van der Waals surface area contributed by atoms with Gasteiger partial charge < -0.3 is 14.2 Å². The molecule has 2 aromatic carbocycles. The van der Waals surface area contributed by atoms with Crippen LogP contribution in [0.5, 0.6) is 17.2 Å². The number of fused-ring (bicyclic) bond motifs is 1. The number of carbonyl (C=O) groups excluding carboxylic acids is 2. The molecule has 4 rings (SSSR count). The van der Waals surface area contributed by atoms with Crippen molar-refractivity contribution >= 4 is 29.2 Å². The number of Topliss-reactive ketones (excluding diaryl/α,β-unsaturated/α-hetero) is 1. The summed E-state index contributed by atoms with van der Waals surface area (Å²) in [5, 5.41) is 1.81. The van der Waals surface area contributed by atoms with Crippen molar-refractivity contribution in [2.75, 3.05) is 6.61 Å². The molecule has 1 aliphatic heterocycles. The first-order valence-electron chi connectivity index (χ1n) is 8.71. The van der Waals surface area contributed by atoms with Crippen LogP contribution in [0.25, 0.3) is 6.08 Å². The fourth-order valence-corrected chi connectivity index (χ4v) is 3.40. The van der Waals surface area contributed by atoms with Gasteiger partial charge in [-0.15, -0.1) is 11.3 Å². The molecule has 0 radical (unpaired) electrons. The highest BCUT2D eigenvalue weighted by Crippen LogP contribution is 2.35. The minimum Gasteiger partial charge on any atom is -0.494 e. The van der Waals surface area contributed by atoms with Crippen molar-refractivity contribution in [2.24, 2.45) is 0 Å². The average Bonchev–Trinajstić information content (AvgIpc) is 3.33. The second-order valence-corrected chi connectivity index (χ2v) is 6.88. The number of carbonyl (C=O) groups is 2. The fraction of sp³-hybridized carbons (Fsp3) is 0.0909. The number of ether oxygens (including phenoxy) is 3. The molecule has 0 bridgehead atoms. The van der Waals surface area contributed by atoms with Crippen LogP contribution >= 0.6 is 11.3 Å². The highest BCUT2D eigenvalue weighted by molar-refractivity contribution is 7.12. The van der Waals surface area contributed by atoms with Gasteiger partial charge >= 0.3 is 5.97 Å². The van der Waals surface area contributed by atoms with Crippen molar-refractivity contribution in [3.8, 4) is 17.2 Å². The quantitative estimate of drug-likeness (QED) is 0.348. The highest BCUT2D eigenvalue weighted by Gasteiger charge is 2.28. The number of para-hydroxylation sites is 1. The van der Waals surface area contributed by atoms with E-state index in [1.807, 2.05) is 12.3 Å². The first-order chi connectivity index (χ1) is 13.7. The molecule has 6 heteroatoms. The zero-order valence-corrected chi connectivity index (χ0v) is 15.8. The van der Waals surface area contributed by atoms with Gasteiger partial charge in [-0.2, -0.15) is 0 Å². The summed E-state index contributed by atoms with van der Waals surface area (Å²) in [6.07, 6.45) is 1.58. The summed E-state index contributed by atoms with van der Waals surface area (Å²) in [7, 11) is 0. The number of rotatable bonds is 5. The Morgan fingerprint density at radius 2 is 2.00 bits per heavy atom. The molecule has 1 aliphatic rings. The lowest BCUT2D eigenvalue weighted by Gasteiger charge is -2.07. The molecule has 140 valence electrons. The van der Waals surface area contributed by atoms with Crippen LogP contribution in [0.4, 0.5) is 0 Å². The van der Waals surface area contributed by atoms with Gasteiger partial charge in [0.1, 0.15) is 22.1 Å². The maximum Gasteiger partial charge on any atom is 0.353 e. The molecule has 0 spiro atoms. The third-order valence-corrected chi connectivity index (χ3v) is 4.93. The van der Waals surface area contributed by atoms with E-state index in [1.165, 1.54) is 11.3 Å². The number of thiophene rings is 1. The van der Waals surface area contributed by atoms with E-state index >= 15 is 0 Å². The Labute approximate surface area is 165 Å². The second-order valence-electron chi connectivity index (χ2n) is 5.94. The van der Waals surface area contributed by atoms with Crippen LogP contribution < -0.4 is 14.2 Å². The van der Waals surface area contributed by atoms with Gasteiger partial charge in [-0.1, -0.05) is 24.3 Å². The molecule has 0 saturated carbocycles. The Morgan fingerprint density at radius 3 is 2.79 bits per heavy atom. The number of ketones is 1. The zero-order chi connectivity index (χ0) is 19.5. The lowest BCUT2D eigenvalue weighted by atomic mass is 10.1. The van der Waals surface area contributed by atoms with Crippen LogP contribution in [-0.4, -0.2) is 18.4 Å². The predicted molar refractivity (Wildman–Crippen MR) is 106 cm³/mol. The summed E-state index contributed by atoms with van der Waals surface area (Å²) in [5.74, 6) is 0.955. The predicted octanol–water partition coefficient (Wildman–Crippen LogP) is 4.98. The normalized spacial score (nSPS) is 13.9. The Balaban J connectivity index is 1.61. The summed E-state index contributed by atoms with van der Waals surface area (Å²) in [5.41, 5.74) is 1.05. The van der Waals surface area contributed by atoms with Gasteiger partial charge in [-0.25, -0.2) is 4.79 Å². The third kappa shape index (κ3) is 3.54. The van der Waals surface area contributed by atoms with Crippen molar-refractivity contribution < 1.29 is 23.8 Å². The van der Waals surface area contributed by atoms with E-state index in [0.717, 1.165) is 0 Å². The molecule has 0 unspecified atom stereocenters. The van der Waals surface area contributed by atoms with Gasteiger partial charge in [0.2, 0.25) is 5.78 Å². The van der Waals surface area contributed by atoms with Gasteiger partial charge in [0.05, 0.1) is 12.2 Å².